The Hall–Kier alpha value is -3.42. The van der Waals surface area contributed by atoms with Gasteiger partial charge in [-0.1, -0.05) is 311 Å². The molecule has 11 heteroatoms. The van der Waals surface area contributed by atoms with Gasteiger partial charge in [-0.25, -0.2) is 0 Å². The van der Waals surface area contributed by atoms with E-state index in [1.54, 1.807) is 6.08 Å². The summed E-state index contributed by atoms with van der Waals surface area (Å²) < 4.78 is 17.7. The number of hydrogen-bond donors (Lipinski definition) is 6. The van der Waals surface area contributed by atoms with Crippen LogP contribution in [0.2, 0.25) is 0 Å². The van der Waals surface area contributed by atoms with Crippen LogP contribution < -0.4 is 5.32 Å². The van der Waals surface area contributed by atoms with E-state index in [0.717, 1.165) is 109 Å². The van der Waals surface area contributed by atoms with Crippen LogP contribution in [0.4, 0.5) is 0 Å². The van der Waals surface area contributed by atoms with Gasteiger partial charge in [-0.15, -0.1) is 0 Å². The van der Waals surface area contributed by atoms with Gasteiger partial charge < -0.3 is 45.1 Å². The van der Waals surface area contributed by atoms with Crippen LogP contribution in [0.3, 0.4) is 0 Å². The number of rotatable bonds is 63. The highest BCUT2D eigenvalue weighted by molar-refractivity contribution is 5.80. The van der Waals surface area contributed by atoms with Crippen LogP contribution in [0.1, 0.15) is 323 Å². The molecule has 6 N–H and O–H groups in total. The monoisotopic (exact) mass is 1250 g/mol. The minimum absolute atomic E-state index is 0.0983. The van der Waals surface area contributed by atoms with Crippen molar-refractivity contribution < 1.29 is 49.3 Å². The number of unbranched alkanes of at least 4 members (excludes halogenated alkanes) is 35. The molecule has 0 spiro atoms. The summed E-state index contributed by atoms with van der Waals surface area (Å²) in [7, 11) is 0. The van der Waals surface area contributed by atoms with Gasteiger partial charge in [0.05, 0.1) is 25.4 Å². The molecule has 0 bridgehead atoms. The van der Waals surface area contributed by atoms with E-state index in [1.807, 2.05) is 6.08 Å². The first-order valence-corrected chi connectivity index (χ1v) is 37.0. The molecule has 1 fully saturated rings. The summed E-state index contributed by atoms with van der Waals surface area (Å²) >= 11 is 0. The molecular weight excluding hydrogens is 1110 g/mol. The second-order valence-corrected chi connectivity index (χ2v) is 25.3. The molecule has 0 aromatic carbocycles. The molecule has 89 heavy (non-hydrogen) atoms. The number of esters is 1. The van der Waals surface area contributed by atoms with Gasteiger partial charge in [0.1, 0.15) is 24.4 Å². The molecule has 11 nitrogen and oxygen atoms in total. The van der Waals surface area contributed by atoms with Crippen LogP contribution in [-0.2, 0) is 23.8 Å². The summed E-state index contributed by atoms with van der Waals surface area (Å²) in [6.07, 6.45) is 77.3. The number of hydrogen-bond acceptors (Lipinski definition) is 10. The van der Waals surface area contributed by atoms with Gasteiger partial charge >= 0.3 is 5.97 Å². The lowest BCUT2D eigenvalue weighted by molar-refractivity contribution is -0.305. The summed E-state index contributed by atoms with van der Waals surface area (Å²) in [5, 5.41) is 57.3. The quantitative estimate of drug-likeness (QED) is 0.0195. The zero-order valence-electron chi connectivity index (χ0n) is 57.3. The van der Waals surface area contributed by atoms with Crippen LogP contribution in [0, 0.1) is 0 Å². The van der Waals surface area contributed by atoms with E-state index in [-0.39, 0.29) is 19.4 Å². The third-order valence-corrected chi connectivity index (χ3v) is 17.0. The molecule has 8 unspecified atom stereocenters. The van der Waals surface area contributed by atoms with Crippen molar-refractivity contribution in [2.24, 2.45) is 0 Å². The molecule has 1 rings (SSSR count). The molecule has 1 saturated heterocycles. The van der Waals surface area contributed by atoms with Crippen LogP contribution >= 0.6 is 0 Å². The van der Waals surface area contributed by atoms with Gasteiger partial charge in [0.15, 0.2) is 12.4 Å². The number of aliphatic hydroxyl groups is 5. The van der Waals surface area contributed by atoms with E-state index in [4.69, 9.17) is 14.2 Å². The van der Waals surface area contributed by atoms with Crippen molar-refractivity contribution in [3.8, 4) is 0 Å². The molecular formula is C78H137NO10. The summed E-state index contributed by atoms with van der Waals surface area (Å²) in [5.74, 6) is -1.21. The molecule has 0 radical (unpaired) electrons. The SMILES string of the molecule is CC/C=C\C/C=C\C/C=C\C/C=C\C/C=C\CCCCCCCC(=O)OC1C(OCC(NC(=O)C(O)CCCCCCCCCCCCCCCCCC/C=C\C/C=C\CCCCC)C(O)/C=C/CCCCCCCCCCCCC)OC(CO)C(O)C1O. The Balaban J connectivity index is 2.57. The summed E-state index contributed by atoms with van der Waals surface area (Å²) in [4.78, 5) is 26.7. The minimum atomic E-state index is -1.63. The molecule has 0 aliphatic carbocycles. The lowest BCUT2D eigenvalue weighted by atomic mass is 9.99. The molecule has 0 saturated carbocycles. The van der Waals surface area contributed by atoms with Gasteiger partial charge in [-0.3, -0.25) is 9.59 Å². The smallest absolute Gasteiger partial charge is 0.306 e. The Bertz CT molecular complexity index is 1820. The maximum atomic E-state index is 13.5. The zero-order chi connectivity index (χ0) is 64.6. The van der Waals surface area contributed by atoms with Crippen molar-refractivity contribution in [1.82, 2.24) is 5.32 Å². The van der Waals surface area contributed by atoms with Gasteiger partial charge in [0.25, 0.3) is 0 Å². The maximum absolute atomic E-state index is 13.5. The predicted molar refractivity (Wildman–Crippen MR) is 375 cm³/mol. The van der Waals surface area contributed by atoms with Crippen molar-refractivity contribution in [1.29, 1.82) is 0 Å². The molecule has 0 aromatic heterocycles. The lowest BCUT2D eigenvalue weighted by Crippen LogP contribution is -2.61. The third-order valence-electron chi connectivity index (χ3n) is 17.0. The van der Waals surface area contributed by atoms with E-state index in [9.17, 15) is 35.1 Å². The summed E-state index contributed by atoms with van der Waals surface area (Å²) in [6.45, 7) is 5.68. The number of nitrogens with one attached hydrogen (secondary N) is 1. The van der Waals surface area contributed by atoms with Crippen molar-refractivity contribution in [2.45, 2.75) is 372 Å². The van der Waals surface area contributed by atoms with Gasteiger partial charge in [0.2, 0.25) is 5.91 Å². The Morgan fingerprint density at radius 3 is 1.24 bits per heavy atom. The number of carbonyl (C=O) groups is 2. The Morgan fingerprint density at radius 1 is 0.449 bits per heavy atom. The number of ether oxygens (including phenoxy) is 3. The second-order valence-electron chi connectivity index (χ2n) is 25.3. The van der Waals surface area contributed by atoms with E-state index < -0.39 is 67.4 Å². The first kappa shape index (κ1) is 83.6. The van der Waals surface area contributed by atoms with E-state index in [2.05, 4.69) is 111 Å². The second kappa shape index (κ2) is 64.7. The minimum Gasteiger partial charge on any atom is -0.454 e. The average molecular weight is 1250 g/mol. The highest BCUT2D eigenvalue weighted by Crippen LogP contribution is 2.26. The third kappa shape index (κ3) is 51.7. The number of carbonyl (C=O) groups excluding carboxylic acids is 2. The molecule has 1 amide bonds. The lowest BCUT2D eigenvalue weighted by Gasteiger charge is -2.41. The van der Waals surface area contributed by atoms with E-state index in [1.165, 1.54) is 167 Å². The standard InChI is InChI=1S/C78H137NO10/c1-4-7-10-13-16-19-22-25-27-29-31-33-34-35-36-37-39-40-42-44-47-50-53-56-59-62-65-71(82)77(86)79-69(70(81)64-61-58-55-52-49-46-24-21-18-15-12-9-6-3)68-87-78-76(75(85)74(84)72(67-80)88-78)89-73(83)66-63-60-57-54-51-48-45-43-41-38-32-30-28-26-23-20-17-14-11-8-5-2/h8,11,16-17,19-20,25-28,32,38,43,45,61,64,69-72,74-76,78,80-82,84-85H,4-7,9-10,12-15,18,21-24,29-31,33-37,39-42,44,46-60,62-63,65-68H2,1-3H3,(H,79,86)/b11-8-,19-16-,20-17-,27-25-,28-26-,38-32-,45-43-,64-61+. The Kier molecular flexibility index (Phi) is 60.7. The fourth-order valence-corrected chi connectivity index (χ4v) is 11.2. The summed E-state index contributed by atoms with van der Waals surface area (Å²) in [6, 6.07) is -1.03. The van der Waals surface area contributed by atoms with Crippen LogP contribution in [0.5, 0.6) is 0 Å². The Morgan fingerprint density at radius 2 is 0.809 bits per heavy atom. The van der Waals surface area contributed by atoms with Crippen LogP contribution in [-0.4, -0.2) is 99.6 Å². The first-order valence-electron chi connectivity index (χ1n) is 37.0. The van der Waals surface area contributed by atoms with E-state index >= 15 is 0 Å². The van der Waals surface area contributed by atoms with Gasteiger partial charge in [-0.05, 0) is 103 Å². The average Bonchev–Trinajstić information content (AvgIpc) is 2.24. The largest absolute Gasteiger partial charge is 0.454 e. The van der Waals surface area contributed by atoms with Crippen molar-refractivity contribution in [2.75, 3.05) is 13.2 Å². The highest BCUT2D eigenvalue weighted by Gasteiger charge is 2.47. The molecule has 1 aliphatic heterocycles. The summed E-state index contributed by atoms with van der Waals surface area (Å²) in [5.41, 5.74) is 0. The van der Waals surface area contributed by atoms with Crippen molar-refractivity contribution in [3.05, 3.63) is 97.2 Å². The molecule has 8 atom stereocenters. The van der Waals surface area contributed by atoms with Gasteiger partial charge in [0, 0.05) is 6.42 Å². The fourth-order valence-electron chi connectivity index (χ4n) is 11.2. The first-order chi connectivity index (χ1) is 43.7. The van der Waals surface area contributed by atoms with Crippen LogP contribution in [0.15, 0.2) is 97.2 Å². The maximum Gasteiger partial charge on any atom is 0.306 e. The number of amides is 1. The Labute approximate surface area is 546 Å². The topological polar surface area (TPSA) is 175 Å². The number of allylic oxidation sites excluding steroid dienone is 15. The highest BCUT2D eigenvalue weighted by atomic mass is 16.7. The van der Waals surface area contributed by atoms with Gasteiger partial charge in [-0.2, -0.15) is 0 Å². The predicted octanol–water partition coefficient (Wildman–Crippen LogP) is 19.4. The van der Waals surface area contributed by atoms with E-state index in [0.29, 0.717) is 12.8 Å². The van der Waals surface area contributed by atoms with Crippen molar-refractivity contribution >= 4 is 11.9 Å². The molecule has 0 aromatic rings. The van der Waals surface area contributed by atoms with Crippen molar-refractivity contribution in [3.63, 3.8) is 0 Å². The van der Waals surface area contributed by atoms with Crippen LogP contribution in [0.25, 0.3) is 0 Å². The molecule has 1 heterocycles. The normalized spacial score (nSPS) is 18.7. The molecule has 514 valence electrons. The zero-order valence-corrected chi connectivity index (χ0v) is 57.3. The molecule has 1 aliphatic rings. The fraction of sp³-hybridized carbons (Fsp3) is 0.769. The number of aliphatic hydroxyl groups excluding tert-OH is 5.